The van der Waals surface area contributed by atoms with E-state index in [-0.39, 0.29) is 24.5 Å². The van der Waals surface area contributed by atoms with Crippen molar-refractivity contribution in [3.63, 3.8) is 0 Å². The Hall–Kier alpha value is -1.44. The fourth-order valence-corrected chi connectivity index (χ4v) is 3.96. The molecule has 0 aromatic rings. The van der Waals surface area contributed by atoms with Gasteiger partial charge in [0.25, 0.3) is 0 Å². The van der Waals surface area contributed by atoms with Gasteiger partial charge >= 0.3 is 18.1 Å². The number of unbranched alkanes of at least 4 members (excludes halogenated alkanes) is 1. The lowest BCUT2D eigenvalue weighted by atomic mass is 10.0. The largest absolute Gasteiger partial charge is 0.412 e. The zero-order valence-corrected chi connectivity index (χ0v) is 11.2. The first kappa shape index (κ1) is 14.0. The first-order chi connectivity index (χ1) is 9.06. The van der Waals surface area contributed by atoms with Crippen molar-refractivity contribution >= 4 is 29.9 Å². The quantitative estimate of drug-likeness (QED) is 0.292. The van der Waals surface area contributed by atoms with Crippen LogP contribution >= 0.6 is 11.8 Å². The van der Waals surface area contributed by atoms with Gasteiger partial charge in [0.2, 0.25) is 0 Å². The topological polar surface area (TPSA) is 111 Å². The summed E-state index contributed by atoms with van der Waals surface area (Å²) in [6, 6.07) is 0.322. The molecule has 0 spiro atoms. The predicted molar refractivity (Wildman–Crippen MR) is 69.6 cm³/mol. The number of rotatable bonds is 5. The molecule has 2 rings (SSSR count). The Labute approximate surface area is 115 Å². The van der Waals surface area contributed by atoms with E-state index in [1.165, 1.54) is 0 Å². The Balaban J connectivity index is 1.63. The molecule has 7 nitrogen and oxygen atoms in total. The van der Waals surface area contributed by atoms with Gasteiger partial charge in [-0.2, -0.15) is 11.8 Å². The number of carbonyl (C=O) groups is 3. The maximum Gasteiger partial charge on any atom is 0.412 e. The number of fused-ring (bicyclic) bond motifs is 1. The SMILES string of the molecule is NC(=O)OC(=O)CCCC[C@@H]1SC[C@@H]2NC(=O)N[C@@H]21. The van der Waals surface area contributed by atoms with E-state index in [9.17, 15) is 14.4 Å². The summed E-state index contributed by atoms with van der Waals surface area (Å²) in [6.45, 7) is 0. The van der Waals surface area contributed by atoms with Crippen LogP contribution in [-0.2, 0) is 9.53 Å². The van der Waals surface area contributed by atoms with Gasteiger partial charge in [0.15, 0.2) is 0 Å². The van der Waals surface area contributed by atoms with E-state index in [1.54, 1.807) is 0 Å². The summed E-state index contributed by atoms with van der Waals surface area (Å²) in [4.78, 5) is 32.6. The number of hydrogen-bond acceptors (Lipinski definition) is 5. The minimum absolute atomic E-state index is 0.0923. The van der Waals surface area contributed by atoms with Crippen LogP contribution in [0.5, 0.6) is 0 Å². The summed E-state index contributed by atoms with van der Waals surface area (Å²) in [6.07, 6.45) is 1.57. The molecular weight excluding hydrogens is 270 g/mol. The van der Waals surface area contributed by atoms with Gasteiger partial charge in [0.05, 0.1) is 12.1 Å². The summed E-state index contributed by atoms with van der Waals surface area (Å²) in [7, 11) is 0. The van der Waals surface area contributed by atoms with Crippen LogP contribution in [0.4, 0.5) is 9.59 Å². The van der Waals surface area contributed by atoms with Crippen molar-refractivity contribution in [1.82, 2.24) is 10.6 Å². The van der Waals surface area contributed by atoms with Crippen LogP contribution in [0.2, 0.25) is 0 Å². The second-order valence-corrected chi connectivity index (χ2v) is 5.93. The number of thioether (sulfide) groups is 1. The van der Waals surface area contributed by atoms with E-state index in [4.69, 9.17) is 5.73 Å². The van der Waals surface area contributed by atoms with Crippen molar-refractivity contribution in [3.8, 4) is 0 Å². The second-order valence-electron chi connectivity index (χ2n) is 4.66. The molecule has 19 heavy (non-hydrogen) atoms. The molecule has 106 valence electrons. The number of hydrogen-bond donors (Lipinski definition) is 3. The summed E-state index contributed by atoms with van der Waals surface area (Å²) in [5.41, 5.74) is 4.74. The van der Waals surface area contributed by atoms with Crippen LogP contribution in [-0.4, -0.2) is 41.2 Å². The summed E-state index contributed by atoms with van der Waals surface area (Å²) < 4.78 is 4.23. The third kappa shape index (κ3) is 3.76. The van der Waals surface area contributed by atoms with Crippen LogP contribution in [0.15, 0.2) is 0 Å². The van der Waals surface area contributed by atoms with E-state index in [1.807, 2.05) is 11.8 Å². The number of amides is 3. The van der Waals surface area contributed by atoms with Crippen molar-refractivity contribution in [2.75, 3.05) is 5.75 Å². The van der Waals surface area contributed by atoms with E-state index in [2.05, 4.69) is 15.4 Å². The molecule has 2 aliphatic rings. The van der Waals surface area contributed by atoms with Gasteiger partial charge in [0, 0.05) is 17.4 Å². The van der Waals surface area contributed by atoms with Crippen molar-refractivity contribution < 1.29 is 19.1 Å². The summed E-state index contributed by atoms with van der Waals surface area (Å²) >= 11 is 1.84. The molecule has 3 atom stereocenters. The van der Waals surface area contributed by atoms with E-state index in [0.717, 1.165) is 18.6 Å². The Morgan fingerprint density at radius 3 is 2.89 bits per heavy atom. The van der Waals surface area contributed by atoms with Gasteiger partial charge in [-0.05, 0) is 12.8 Å². The molecule has 0 aromatic heterocycles. The third-order valence-corrected chi connectivity index (χ3v) is 4.78. The zero-order valence-electron chi connectivity index (χ0n) is 10.4. The standard InChI is InChI=1S/C11H17N3O4S/c12-10(16)18-8(15)4-2-1-3-7-9-6(5-19-7)13-11(17)14-9/h6-7,9H,1-5H2,(H2,12,16)(H2,13,14,17)/t6-,7-,9-/m0/s1. The lowest BCUT2D eigenvalue weighted by Crippen LogP contribution is -2.36. The molecule has 2 aliphatic heterocycles. The molecule has 2 saturated heterocycles. The average Bonchev–Trinajstić information content (AvgIpc) is 2.83. The summed E-state index contributed by atoms with van der Waals surface area (Å²) in [5, 5.41) is 6.18. The number of ether oxygens (including phenoxy) is 1. The van der Waals surface area contributed by atoms with Crippen LogP contribution in [0, 0.1) is 0 Å². The highest BCUT2D eigenvalue weighted by molar-refractivity contribution is 8.00. The number of primary amides is 1. The van der Waals surface area contributed by atoms with Gasteiger partial charge in [-0.25, -0.2) is 9.59 Å². The minimum atomic E-state index is -1.06. The molecule has 0 bridgehead atoms. The maximum absolute atomic E-state index is 11.2. The zero-order chi connectivity index (χ0) is 13.8. The van der Waals surface area contributed by atoms with Gasteiger partial charge in [-0.3, -0.25) is 4.79 Å². The fourth-order valence-electron chi connectivity index (χ4n) is 2.42. The Morgan fingerprint density at radius 1 is 1.37 bits per heavy atom. The van der Waals surface area contributed by atoms with Gasteiger partial charge in [-0.15, -0.1) is 0 Å². The minimum Gasteiger partial charge on any atom is -0.376 e. The first-order valence-electron chi connectivity index (χ1n) is 6.25. The number of esters is 1. The average molecular weight is 287 g/mol. The molecule has 0 unspecified atom stereocenters. The number of nitrogens with two attached hydrogens (primary N) is 1. The van der Waals surface area contributed by atoms with Crippen molar-refractivity contribution in [2.24, 2.45) is 5.73 Å². The molecule has 0 aliphatic carbocycles. The fraction of sp³-hybridized carbons (Fsp3) is 0.727. The molecule has 3 amide bonds. The predicted octanol–water partition coefficient (Wildman–Crippen LogP) is 0.334. The molecule has 2 heterocycles. The van der Waals surface area contributed by atoms with Crippen molar-refractivity contribution in [1.29, 1.82) is 0 Å². The number of carbonyl (C=O) groups excluding carboxylic acids is 3. The number of nitrogens with one attached hydrogen (secondary N) is 2. The molecule has 4 N–H and O–H groups in total. The Bertz CT molecular complexity index is 390. The lowest BCUT2D eigenvalue weighted by molar-refractivity contribution is -0.137. The van der Waals surface area contributed by atoms with E-state index >= 15 is 0 Å². The highest BCUT2D eigenvalue weighted by atomic mass is 32.2. The maximum atomic E-state index is 11.2. The normalized spacial score (nSPS) is 28.4. The van der Waals surface area contributed by atoms with Gasteiger partial charge in [-0.1, -0.05) is 6.42 Å². The lowest BCUT2D eigenvalue weighted by Gasteiger charge is -2.16. The molecule has 0 radical (unpaired) electrons. The molecule has 0 aromatic carbocycles. The van der Waals surface area contributed by atoms with Gasteiger partial charge < -0.3 is 21.1 Å². The molecule has 0 saturated carbocycles. The van der Waals surface area contributed by atoms with Gasteiger partial charge in [0.1, 0.15) is 0 Å². The van der Waals surface area contributed by atoms with Crippen LogP contribution in [0.25, 0.3) is 0 Å². The van der Waals surface area contributed by atoms with E-state index in [0.29, 0.717) is 11.7 Å². The summed E-state index contributed by atoms with van der Waals surface area (Å²) in [5.74, 6) is 0.345. The third-order valence-electron chi connectivity index (χ3n) is 3.27. The van der Waals surface area contributed by atoms with Crippen LogP contribution in [0.1, 0.15) is 25.7 Å². The molecular formula is C11H17N3O4S. The highest BCUT2D eigenvalue weighted by Gasteiger charge is 2.42. The second kappa shape index (κ2) is 6.14. The van der Waals surface area contributed by atoms with Crippen molar-refractivity contribution in [2.45, 2.75) is 43.0 Å². The smallest absolute Gasteiger partial charge is 0.376 e. The van der Waals surface area contributed by atoms with Crippen LogP contribution < -0.4 is 16.4 Å². The number of urea groups is 1. The molecule has 8 heteroatoms. The monoisotopic (exact) mass is 287 g/mol. The van der Waals surface area contributed by atoms with Crippen LogP contribution in [0.3, 0.4) is 0 Å². The molecule has 2 fully saturated rings. The van der Waals surface area contributed by atoms with Crippen molar-refractivity contribution in [3.05, 3.63) is 0 Å². The highest BCUT2D eigenvalue weighted by Crippen LogP contribution is 2.33. The Morgan fingerprint density at radius 2 is 2.16 bits per heavy atom. The Kier molecular flexibility index (Phi) is 4.52. The first-order valence-corrected chi connectivity index (χ1v) is 7.30. The van der Waals surface area contributed by atoms with E-state index < -0.39 is 12.1 Å².